The van der Waals surface area contributed by atoms with E-state index >= 15 is 0 Å². The molecule has 0 aliphatic rings. The Kier molecular flexibility index (Phi) is 6.01. The van der Waals surface area contributed by atoms with E-state index in [0.717, 1.165) is 22.3 Å². The normalized spacial score (nSPS) is 11.9. The van der Waals surface area contributed by atoms with Gasteiger partial charge in [0.2, 0.25) is 5.91 Å². The third-order valence-electron chi connectivity index (χ3n) is 3.05. The van der Waals surface area contributed by atoms with Crippen LogP contribution in [0.5, 0.6) is 0 Å². The van der Waals surface area contributed by atoms with Crippen LogP contribution in [-0.4, -0.2) is 25.7 Å². The number of ether oxygens (including phenoxy) is 1. The van der Waals surface area contributed by atoms with E-state index in [1.54, 1.807) is 0 Å². The molecule has 0 saturated heterocycles. The van der Waals surface area contributed by atoms with E-state index in [4.69, 9.17) is 14.9 Å². The standard InChI is InChI=1S/C14H18N2O3.ClH/c1-9-10-5-3-4-6-12(10)19-13(9)7-16-14(17)11(15)8-18-2;/h3-6,11H,7-8,15H2,1-2H3,(H,16,17);1H. The lowest BCUT2D eigenvalue weighted by Crippen LogP contribution is -2.43. The van der Waals surface area contributed by atoms with Crippen molar-refractivity contribution in [1.29, 1.82) is 0 Å². The fraction of sp³-hybridized carbons (Fsp3) is 0.357. The number of benzene rings is 1. The van der Waals surface area contributed by atoms with E-state index in [1.807, 2.05) is 31.2 Å². The quantitative estimate of drug-likeness (QED) is 0.881. The van der Waals surface area contributed by atoms with Gasteiger partial charge < -0.3 is 20.2 Å². The van der Waals surface area contributed by atoms with Gasteiger partial charge in [-0.05, 0) is 13.0 Å². The van der Waals surface area contributed by atoms with E-state index in [2.05, 4.69) is 5.32 Å². The molecule has 6 heteroatoms. The second-order valence-electron chi connectivity index (χ2n) is 4.43. The maximum atomic E-state index is 11.7. The predicted octanol–water partition coefficient (Wildman–Crippen LogP) is 1.75. The Morgan fingerprint density at radius 1 is 1.45 bits per heavy atom. The second kappa shape index (κ2) is 7.28. The molecule has 0 bridgehead atoms. The molecule has 1 aromatic carbocycles. The van der Waals surface area contributed by atoms with Crippen molar-refractivity contribution in [3.8, 4) is 0 Å². The zero-order chi connectivity index (χ0) is 13.8. The van der Waals surface area contributed by atoms with Gasteiger partial charge in [0.25, 0.3) is 0 Å². The van der Waals surface area contributed by atoms with E-state index in [1.165, 1.54) is 7.11 Å². The summed E-state index contributed by atoms with van der Waals surface area (Å²) >= 11 is 0. The summed E-state index contributed by atoms with van der Waals surface area (Å²) in [6, 6.07) is 7.12. The molecule has 110 valence electrons. The molecule has 0 aliphatic carbocycles. The smallest absolute Gasteiger partial charge is 0.239 e. The molecule has 2 rings (SSSR count). The molecule has 1 aromatic heterocycles. The molecule has 0 aliphatic heterocycles. The fourth-order valence-corrected chi connectivity index (χ4v) is 1.95. The summed E-state index contributed by atoms with van der Waals surface area (Å²) in [5.41, 5.74) is 7.50. The van der Waals surface area contributed by atoms with Crippen LogP contribution in [0.1, 0.15) is 11.3 Å². The van der Waals surface area contributed by atoms with Crippen molar-refractivity contribution in [2.24, 2.45) is 5.73 Å². The first-order valence-electron chi connectivity index (χ1n) is 6.12. The molecule has 1 amide bonds. The maximum absolute atomic E-state index is 11.7. The Morgan fingerprint density at radius 3 is 2.80 bits per heavy atom. The third-order valence-corrected chi connectivity index (χ3v) is 3.05. The van der Waals surface area contributed by atoms with Gasteiger partial charge in [-0.3, -0.25) is 4.79 Å². The minimum Gasteiger partial charge on any atom is -0.459 e. The van der Waals surface area contributed by atoms with Crippen molar-refractivity contribution in [3.05, 3.63) is 35.6 Å². The van der Waals surface area contributed by atoms with Crippen molar-refractivity contribution in [1.82, 2.24) is 5.32 Å². The van der Waals surface area contributed by atoms with Crippen molar-refractivity contribution >= 4 is 29.3 Å². The molecular formula is C14H19ClN2O3. The van der Waals surface area contributed by atoms with Crippen LogP contribution in [0.2, 0.25) is 0 Å². The number of methoxy groups -OCH3 is 1. The van der Waals surface area contributed by atoms with Crippen molar-refractivity contribution < 1.29 is 13.9 Å². The number of amides is 1. The van der Waals surface area contributed by atoms with Crippen molar-refractivity contribution in [2.75, 3.05) is 13.7 Å². The first-order valence-corrected chi connectivity index (χ1v) is 6.12. The van der Waals surface area contributed by atoms with E-state index in [-0.39, 0.29) is 24.9 Å². The Labute approximate surface area is 123 Å². The number of nitrogens with two attached hydrogens (primary N) is 1. The number of nitrogens with one attached hydrogen (secondary N) is 1. The number of carbonyl (C=O) groups is 1. The van der Waals surface area contributed by atoms with Gasteiger partial charge in [-0.2, -0.15) is 0 Å². The zero-order valence-electron chi connectivity index (χ0n) is 11.5. The first kappa shape index (κ1) is 16.5. The topological polar surface area (TPSA) is 77.5 Å². The summed E-state index contributed by atoms with van der Waals surface area (Å²) in [5.74, 6) is 0.501. The average Bonchev–Trinajstić information content (AvgIpc) is 2.73. The minimum atomic E-state index is -0.658. The Morgan fingerprint density at radius 2 is 2.15 bits per heavy atom. The van der Waals surface area contributed by atoms with Crippen LogP contribution in [-0.2, 0) is 16.1 Å². The molecule has 1 atom stereocenters. The molecule has 0 radical (unpaired) electrons. The van der Waals surface area contributed by atoms with Crippen molar-refractivity contribution in [2.45, 2.75) is 19.5 Å². The number of hydrogen-bond acceptors (Lipinski definition) is 4. The third kappa shape index (κ3) is 3.50. The maximum Gasteiger partial charge on any atom is 0.239 e. The summed E-state index contributed by atoms with van der Waals surface area (Å²) in [6.07, 6.45) is 0. The highest BCUT2D eigenvalue weighted by Gasteiger charge is 2.15. The number of aryl methyl sites for hydroxylation is 1. The highest BCUT2D eigenvalue weighted by Crippen LogP contribution is 2.24. The van der Waals surface area contributed by atoms with Gasteiger partial charge >= 0.3 is 0 Å². The van der Waals surface area contributed by atoms with E-state index in [0.29, 0.717) is 6.54 Å². The van der Waals surface area contributed by atoms with Gasteiger partial charge in [0.1, 0.15) is 17.4 Å². The largest absolute Gasteiger partial charge is 0.459 e. The number of furan rings is 1. The van der Waals surface area contributed by atoms with Crippen LogP contribution < -0.4 is 11.1 Å². The van der Waals surface area contributed by atoms with Crippen LogP contribution in [0.15, 0.2) is 28.7 Å². The summed E-state index contributed by atoms with van der Waals surface area (Å²) in [4.78, 5) is 11.7. The minimum absolute atomic E-state index is 0. The highest BCUT2D eigenvalue weighted by atomic mass is 35.5. The molecule has 0 saturated carbocycles. The highest BCUT2D eigenvalue weighted by molar-refractivity contribution is 5.85. The first-order chi connectivity index (χ1) is 9.13. The van der Waals surface area contributed by atoms with Crippen LogP contribution in [0.3, 0.4) is 0 Å². The number of carbonyl (C=O) groups excluding carboxylic acids is 1. The van der Waals surface area contributed by atoms with Crippen LogP contribution in [0.4, 0.5) is 0 Å². The Balaban J connectivity index is 0.00000200. The number of fused-ring (bicyclic) bond motifs is 1. The molecular weight excluding hydrogens is 280 g/mol. The van der Waals surface area contributed by atoms with Gasteiger partial charge in [0.15, 0.2) is 0 Å². The van der Waals surface area contributed by atoms with Crippen molar-refractivity contribution in [3.63, 3.8) is 0 Å². The van der Waals surface area contributed by atoms with Crippen LogP contribution in [0.25, 0.3) is 11.0 Å². The second-order valence-corrected chi connectivity index (χ2v) is 4.43. The Bertz CT molecular complexity index is 583. The summed E-state index contributed by atoms with van der Waals surface area (Å²) in [6.45, 7) is 2.50. The van der Waals surface area contributed by atoms with Crippen LogP contribution >= 0.6 is 12.4 Å². The summed E-state index contributed by atoms with van der Waals surface area (Å²) in [7, 11) is 1.51. The predicted molar refractivity (Wildman–Crippen MR) is 79.9 cm³/mol. The molecule has 1 unspecified atom stereocenters. The number of halogens is 1. The van der Waals surface area contributed by atoms with Gasteiger partial charge in [0.05, 0.1) is 13.2 Å². The summed E-state index contributed by atoms with van der Waals surface area (Å²) < 4.78 is 10.5. The molecule has 5 nitrogen and oxygen atoms in total. The van der Waals surface area contributed by atoms with E-state index < -0.39 is 6.04 Å². The summed E-state index contributed by atoms with van der Waals surface area (Å²) in [5, 5.41) is 3.81. The lowest BCUT2D eigenvalue weighted by molar-refractivity contribution is -0.123. The molecule has 1 heterocycles. The van der Waals surface area contributed by atoms with Gasteiger partial charge in [-0.15, -0.1) is 12.4 Å². The number of para-hydroxylation sites is 1. The molecule has 20 heavy (non-hydrogen) atoms. The number of hydrogen-bond donors (Lipinski definition) is 2. The van der Waals surface area contributed by atoms with Crippen LogP contribution in [0, 0.1) is 6.92 Å². The van der Waals surface area contributed by atoms with Gasteiger partial charge in [-0.1, -0.05) is 18.2 Å². The molecule has 2 aromatic rings. The molecule has 0 fully saturated rings. The Hall–Kier alpha value is -1.56. The van der Waals surface area contributed by atoms with Gasteiger partial charge in [0, 0.05) is 18.1 Å². The fourth-order valence-electron chi connectivity index (χ4n) is 1.95. The SMILES string of the molecule is COCC(N)C(=O)NCc1oc2ccccc2c1C.Cl. The number of rotatable bonds is 5. The van der Waals surface area contributed by atoms with E-state index in [9.17, 15) is 4.79 Å². The average molecular weight is 299 g/mol. The zero-order valence-corrected chi connectivity index (χ0v) is 12.3. The molecule has 0 spiro atoms. The van der Waals surface area contributed by atoms with Gasteiger partial charge in [-0.25, -0.2) is 0 Å². The molecule has 3 N–H and O–H groups in total. The lowest BCUT2D eigenvalue weighted by atomic mass is 10.1. The monoisotopic (exact) mass is 298 g/mol. The lowest BCUT2D eigenvalue weighted by Gasteiger charge is -2.10.